The lowest BCUT2D eigenvalue weighted by Gasteiger charge is -2.37. The molecule has 2 aliphatic rings. The van der Waals surface area contributed by atoms with Gasteiger partial charge in [0, 0.05) is 47.6 Å². The number of carbonyl (C=O) groups excluding carboxylic acids is 2. The maximum absolute atomic E-state index is 12.7. The number of piperazine rings is 1. The fraction of sp³-hybridized carbons (Fsp3) is 0.417. The van der Waals surface area contributed by atoms with Crippen molar-refractivity contribution >= 4 is 46.4 Å². The van der Waals surface area contributed by atoms with Crippen LogP contribution in [-0.2, 0) is 4.79 Å². The molecule has 176 valence electrons. The highest BCUT2D eigenvalue weighted by Gasteiger charge is 2.29. The summed E-state index contributed by atoms with van der Waals surface area (Å²) in [6.45, 7) is 5.69. The zero-order valence-corrected chi connectivity index (χ0v) is 20.1. The number of primary amides is 1. The fourth-order valence-corrected chi connectivity index (χ4v) is 5.10. The lowest BCUT2D eigenvalue weighted by Crippen LogP contribution is -2.53. The second-order valence-electron chi connectivity index (χ2n) is 8.59. The van der Waals surface area contributed by atoms with Gasteiger partial charge in [0.2, 0.25) is 5.91 Å². The summed E-state index contributed by atoms with van der Waals surface area (Å²) in [4.78, 5) is 28.9. The Morgan fingerprint density at radius 1 is 1.12 bits per heavy atom. The van der Waals surface area contributed by atoms with Crippen LogP contribution >= 0.6 is 23.2 Å². The number of hydrogen-bond acceptors (Lipinski definition) is 5. The highest BCUT2D eigenvalue weighted by molar-refractivity contribution is 6.35. The molecule has 0 saturated carbocycles. The molecule has 4 rings (SSSR count). The number of nitrogens with one attached hydrogen (secondary N) is 2. The molecule has 2 unspecified atom stereocenters. The van der Waals surface area contributed by atoms with Gasteiger partial charge in [-0.2, -0.15) is 0 Å². The van der Waals surface area contributed by atoms with E-state index in [1.807, 2.05) is 30.0 Å². The Balaban J connectivity index is 1.48. The van der Waals surface area contributed by atoms with E-state index in [4.69, 9.17) is 28.9 Å². The van der Waals surface area contributed by atoms with E-state index in [0.29, 0.717) is 34.4 Å². The van der Waals surface area contributed by atoms with Crippen LogP contribution in [-0.4, -0.2) is 55.5 Å². The normalized spacial score (nSPS) is 19.4. The van der Waals surface area contributed by atoms with Crippen LogP contribution in [0.4, 0.5) is 11.4 Å². The third kappa shape index (κ3) is 5.37. The molecule has 7 nitrogen and oxygen atoms in total. The topological polar surface area (TPSA) is 90.7 Å². The summed E-state index contributed by atoms with van der Waals surface area (Å²) in [5.41, 5.74) is 8.54. The van der Waals surface area contributed by atoms with Gasteiger partial charge in [-0.1, -0.05) is 29.3 Å². The predicted molar refractivity (Wildman–Crippen MR) is 133 cm³/mol. The number of nitrogens with two attached hydrogens (primary N) is 1. The molecule has 2 fully saturated rings. The molecule has 9 heteroatoms. The molecular formula is C24H29Cl2N5O2. The molecule has 0 aliphatic carbocycles. The van der Waals surface area contributed by atoms with Crippen molar-refractivity contribution in [3.63, 3.8) is 0 Å². The molecule has 2 atom stereocenters. The SMILES string of the molecule is CC(Nc1cc(N2CCN(C(=O)C3CCCN3)CC2)ccc1C(N)=O)c1ccc(Cl)cc1Cl. The molecule has 2 aromatic rings. The Kier molecular flexibility index (Phi) is 7.32. The van der Waals surface area contributed by atoms with E-state index >= 15 is 0 Å². The molecule has 4 N–H and O–H groups in total. The monoisotopic (exact) mass is 489 g/mol. The average Bonchev–Trinajstić information content (AvgIpc) is 3.33. The number of carbonyl (C=O) groups is 2. The van der Waals surface area contributed by atoms with Crippen molar-refractivity contribution in [2.45, 2.75) is 31.8 Å². The van der Waals surface area contributed by atoms with E-state index in [0.717, 1.165) is 43.7 Å². The van der Waals surface area contributed by atoms with E-state index in [-0.39, 0.29) is 18.0 Å². The lowest BCUT2D eigenvalue weighted by atomic mass is 10.1. The van der Waals surface area contributed by atoms with Crippen molar-refractivity contribution in [3.8, 4) is 0 Å². The molecule has 2 aromatic carbocycles. The Hall–Kier alpha value is -2.48. The van der Waals surface area contributed by atoms with Gasteiger partial charge in [-0.25, -0.2) is 0 Å². The Morgan fingerprint density at radius 3 is 2.52 bits per heavy atom. The Morgan fingerprint density at radius 2 is 1.88 bits per heavy atom. The Labute approximate surface area is 204 Å². The highest BCUT2D eigenvalue weighted by Crippen LogP contribution is 2.31. The molecular weight excluding hydrogens is 461 g/mol. The number of nitrogens with zero attached hydrogens (tertiary/aromatic N) is 2. The van der Waals surface area contributed by atoms with Gasteiger partial charge in [-0.15, -0.1) is 0 Å². The molecule has 2 saturated heterocycles. The van der Waals surface area contributed by atoms with Gasteiger partial charge in [0.05, 0.1) is 17.6 Å². The molecule has 2 amide bonds. The van der Waals surface area contributed by atoms with Gasteiger partial charge < -0.3 is 26.2 Å². The third-order valence-electron chi connectivity index (χ3n) is 6.38. The van der Waals surface area contributed by atoms with E-state index < -0.39 is 5.91 Å². The average molecular weight is 490 g/mol. The first-order chi connectivity index (χ1) is 15.8. The van der Waals surface area contributed by atoms with Gasteiger partial charge in [-0.05, 0) is 62.2 Å². The summed E-state index contributed by atoms with van der Waals surface area (Å²) >= 11 is 12.4. The van der Waals surface area contributed by atoms with Crippen molar-refractivity contribution in [3.05, 3.63) is 57.6 Å². The van der Waals surface area contributed by atoms with E-state index in [2.05, 4.69) is 15.5 Å². The van der Waals surface area contributed by atoms with Gasteiger partial charge >= 0.3 is 0 Å². The van der Waals surface area contributed by atoms with Crippen LogP contribution in [0.25, 0.3) is 0 Å². The van der Waals surface area contributed by atoms with Crippen molar-refractivity contribution in [2.75, 3.05) is 42.9 Å². The van der Waals surface area contributed by atoms with Crippen LogP contribution in [0.15, 0.2) is 36.4 Å². The van der Waals surface area contributed by atoms with Crippen LogP contribution < -0.4 is 21.3 Å². The van der Waals surface area contributed by atoms with Crippen LogP contribution in [0.1, 0.15) is 41.7 Å². The Bertz CT molecular complexity index is 1030. The van der Waals surface area contributed by atoms with Crippen molar-refractivity contribution in [1.82, 2.24) is 10.2 Å². The molecule has 2 heterocycles. The minimum Gasteiger partial charge on any atom is -0.378 e. The summed E-state index contributed by atoms with van der Waals surface area (Å²) < 4.78 is 0. The zero-order valence-electron chi connectivity index (χ0n) is 18.6. The minimum absolute atomic E-state index is 0.0385. The summed E-state index contributed by atoms with van der Waals surface area (Å²) in [7, 11) is 0. The van der Waals surface area contributed by atoms with Crippen molar-refractivity contribution in [2.24, 2.45) is 5.73 Å². The van der Waals surface area contributed by atoms with Crippen LogP contribution in [0.5, 0.6) is 0 Å². The van der Waals surface area contributed by atoms with Crippen LogP contribution in [0, 0.1) is 0 Å². The molecule has 2 aliphatic heterocycles. The number of benzene rings is 2. The molecule has 0 aromatic heterocycles. The van der Waals surface area contributed by atoms with E-state index in [1.54, 1.807) is 18.2 Å². The van der Waals surface area contributed by atoms with Crippen LogP contribution in [0.3, 0.4) is 0 Å². The molecule has 0 radical (unpaired) electrons. The molecule has 33 heavy (non-hydrogen) atoms. The van der Waals surface area contributed by atoms with Gasteiger partial charge in [-0.3, -0.25) is 9.59 Å². The van der Waals surface area contributed by atoms with E-state index in [1.165, 1.54) is 0 Å². The number of halogens is 2. The smallest absolute Gasteiger partial charge is 0.250 e. The quantitative estimate of drug-likeness (QED) is 0.575. The predicted octanol–water partition coefficient (Wildman–Crippen LogP) is 3.67. The first kappa shape index (κ1) is 23.7. The second kappa shape index (κ2) is 10.2. The second-order valence-corrected chi connectivity index (χ2v) is 9.43. The van der Waals surface area contributed by atoms with Crippen molar-refractivity contribution in [1.29, 1.82) is 0 Å². The maximum Gasteiger partial charge on any atom is 0.250 e. The van der Waals surface area contributed by atoms with Gasteiger partial charge in [0.1, 0.15) is 0 Å². The molecule has 0 spiro atoms. The summed E-state index contributed by atoms with van der Waals surface area (Å²) in [5.74, 6) is -0.301. The number of anilines is 2. The number of hydrogen-bond donors (Lipinski definition) is 3. The fourth-order valence-electron chi connectivity index (χ4n) is 4.53. The highest BCUT2D eigenvalue weighted by atomic mass is 35.5. The summed E-state index contributed by atoms with van der Waals surface area (Å²) in [5, 5.41) is 7.79. The first-order valence-corrected chi connectivity index (χ1v) is 12.0. The molecule has 0 bridgehead atoms. The standard InChI is InChI=1S/C24H29Cl2N5O2/c1-15(18-6-4-16(25)13-20(18)26)29-22-14-17(5-7-19(22)23(27)32)30-9-11-31(12-10-30)24(33)21-3-2-8-28-21/h4-7,13-15,21,28-29H,2-3,8-12H2,1H3,(H2,27,32). The van der Waals surface area contributed by atoms with Gasteiger partial charge in [0.15, 0.2) is 0 Å². The largest absolute Gasteiger partial charge is 0.378 e. The maximum atomic E-state index is 12.7. The number of rotatable bonds is 6. The minimum atomic E-state index is -0.502. The first-order valence-electron chi connectivity index (χ1n) is 11.3. The third-order valence-corrected chi connectivity index (χ3v) is 6.95. The van der Waals surface area contributed by atoms with Gasteiger partial charge in [0.25, 0.3) is 5.91 Å². The summed E-state index contributed by atoms with van der Waals surface area (Å²) in [6, 6.07) is 10.7. The zero-order chi connectivity index (χ0) is 23.5. The lowest BCUT2D eigenvalue weighted by molar-refractivity contribution is -0.133. The van der Waals surface area contributed by atoms with Crippen molar-refractivity contribution < 1.29 is 9.59 Å². The number of amides is 2. The summed E-state index contributed by atoms with van der Waals surface area (Å²) in [6.07, 6.45) is 1.97. The van der Waals surface area contributed by atoms with Crippen LogP contribution in [0.2, 0.25) is 10.0 Å². The van der Waals surface area contributed by atoms with E-state index in [9.17, 15) is 9.59 Å².